The minimum atomic E-state index is 0.678. The van der Waals surface area contributed by atoms with E-state index in [1.54, 1.807) is 0 Å². The summed E-state index contributed by atoms with van der Waals surface area (Å²) in [5.41, 5.74) is 2.25. The fraction of sp³-hybridized carbons (Fsp3) is 0.471. The summed E-state index contributed by atoms with van der Waals surface area (Å²) >= 11 is 0. The summed E-state index contributed by atoms with van der Waals surface area (Å²) in [5, 5.41) is 4.89. The van der Waals surface area contributed by atoms with Crippen LogP contribution in [0.25, 0.3) is 10.9 Å². The van der Waals surface area contributed by atoms with E-state index in [0.29, 0.717) is 6.04 Å². The summed E-state index contributed by atoms with van der Waals surface area (Å²) in [4.78, 5) is 4.72. The van der Waals surface area contributed by atoms with Crippen LogP contribution in [0.1, 0.15) is 38.3 Å². The van der Waals surface area contributed by atoms with Gasteiger partial charge in [0.25, 0.3) is 0 Å². The van der Waals surface area contributed by atoms with Gasteiger partial charge in [0.1, 0.15) is 0 Å². The molecule has 0 aliphatic heterocycles. The van der Waals surface area contributed by atoms with Crippen molar-refractivity contribution in [2.45, 2.75) is 45.2 Å². The van der Waals surface area contributed by atoms with Gasteiger partial charge < -0.3 is 5.32 Å². The minimum Gasteiger partial charge on any atom is -0.308 e. The molecule has 2 aromatic rings. The second kappa shape index (κ2) is 5.70. The molecule has 1 aromatic carbocycles. The first kappa shape index (κ1) is 12.6. The van der Waals surface area contributed by atoms with E-state index < -0.39 is 0 Å². The lowest BCUT2D eigenvalue weighted by Crippen LogP contribution is -2.33. The zero-order valence-electron chi connectivity index (χ0n) is 11.6. The molecule has 0 radical (unpaired) electrons. The highest BCUT2D eigenvalue weighted by molar-refractivity contribution is 5.78. The Morgan fingerprint density at radius 3 is 2.95 bits per heavy atom. The number of nitrogens with one attached hydrogen (secondary N) is 1. The minimum absolute atomic E-state index is 0.678. The van der Waals surface area contributed by atoms with Crippen LogP contribution in [0, 0.1) is 5.92 Å². The molecule has 1 aromatic heterocycles. The van der Waals surface area contributed by atoms with Crippen LogP contribution in [-0.2, 0) is 6.54 Å². The van der Waals surface area contributed by atoms with Crippen molar-refractivity contribution in [1.82, 2.24) is 10.3 Å². The molecule has 1 aliphatic carbocycles. The molecule has 0 amide bonds. The molecule has 1 fully saturated rings. The topological polar surface area (TPSA) is 24.9 Å². The normalized spacial score (nSPS) is 23.6. The van der Waals surface area contributed by atoms with Crippen molar-refractivity contribution < 1.29 is 0 Å². The van der Waals surface area contributed by atoms with E-state index in [4.69, 9.17) is 4.98 Å². The summed E-state index contributed by atoms with van der Waals surface area (Å²) in [6.07, 6.45) is 5.39. The molecule has 3 rings (SSSR count). The number of benzene rings is 1. The third-order valence-electron chi connectivity index (χ3n) is 4.16. The van der Waals surface area contributed by atoms with Gasteiger partial charge in [0.2, 0.25) is 0 Å². The molecule has 1 heterocycles. The van der Waals surface area contributed by atoms with E-state index in [1.807, 2.05) is 0 Å². The predicted octanol–water partition coefficient (Wildman–Crippen LogP) is 3.90. The van der Waals surface area contributed by atoms with Crippen molar-refractivity contribution in [2.75, 3.05) is 0 Å². The number of fused-ring (bicyclic) bond motifs is 1. The maximum atomic E-state index is 4.72. The molecular weight excluding hydrogens is 232 g/mol. The SMILES string of the molecule is CC1CCCC(NCc2ccc3ccccc3n2)C1. The summed E-state index contributed by atoms with van der Waals surface area (Å²) in [7, 11) is 0. The van der Waals surface area contributed by atoms with Crippen LogP contribution in [0.5, 0.6) is 0 Å². The van der Waals surface area contributed by atoms with E-state index in [9.17, 15) is 0 Å². The third-order valence-corrected chi connectivity index (χ3v) is 4.16. The Balaban J connectivity index is 1.64. The maximum absolute atomic E-state index is 4.72. The average molecular weight is 254 g/mol. The molecule has 1 N–H and O–H groups in total. The van der Waals surface area contributed by atoms with Crippen molar-refractivity contribution >= 4 is 10.9 Å². The maximum Gasteiger partial charge on any atom is 0.0705 e. The highest BCUT2D eigenvalue weighted by Crippen LogP contribution is 2.23. The van der Waals surface area contributed by atoms with E-state index >= 15 is 0 Å². The van der Waals surface area contributed by atoms with Gasteiger partial charge in [-0.1, -0.05) is 44.0 Å². The van der Waals surface area contributed by atoms with Gasteiger partial charge in [-0.25, -0.2) is 0 Å². The average Bonchev–Trinajstić information content (AvgIpc) is 2.45. The van der Waals surface area contributed by atoms with Gasteiger partial charge in [0, 0.05) is 18.0 Å². The van der Waals surface area contributed by atoms with Crippen LogP contribution in [-0.4, -0.2) is 11.0 Å². The summed E-state index contributed by atoms with van der Waals surface area (Å²) in [6, 6.07) is 13.3. The zero-order valence-corrected chi connectivity index (χ0v) is 11.6. The molecule has 0 spiro atoms. The predicted molar refractivity (Wildman–Crippen MR) is 80.0 cm³/mol. The van der Waals surface area contributed by atoms with Crippen LogP contribution in [0.3, 0.4) is 0 Å². The number of nitrogens with zero attached hydrogens (tertiary/aromatic N) is 1. The third kappa shape index (κ3) is 3.13. The fourth-order valence-corrected chi connectivity index (χ4v) is 3.08. The van der Waals surface area contributed by atoms with Crippen molar-refractivity contribution in [1.29, 1.82) is 0 Å². The van der Waals surface area contributed by atoms with Crippen molar-refractivity contribution in [3.63, 3.8) is 0 Å². The molecule has 100 valence electrons. The number of aromatic nitrogens is 1. The Morgan fingerprint density at radius 2 is 2.05 bits per heavy atom. The first-order valence-corrected chi connectivity index (χ1v) is 7.39. The van der Waals surface area contributed by atoms with Gasteiger partial charge in [0.15, 0.2) is 0 Å². The van der Waals surface area contributed by atoms with Crippen LogP contribution >= 0.6 is 0 Å². The lowest BCUT2D eigenvalue weighted by molar-refractivity contribution is 0.300. The second-order valence-corrected chi connectivity index (χ2v) is 5.84. The molecular formula is C17H22N2. The highest BCUT2D eigenvalue weighted by atomic mass is 14.9. The van der Waals surface area contributed by atoms with Crippen molar-refractivity contribution in [3.8, 4) is 0 Å². The first-order chi connectivity index (χ1) is 9.31. The van der Waals surface area contributed by atoms with E-state index in [0.717, 1.165) is 23.7 Å². The molecule has 0 saturated heterocycles. The van der Waals surface area contributed by atoms with Gasteiger partial charge in [-0.3, -0.25) is 4.98 Å². The molecule has 2 nitrogen and oxygen atoms in total. The molecule has 0 bridgehead atoms. The molecule has 2 unspecified atom stereocenters. The van der Waals surface area contributed by atoms with Crippen LogP contribution in [0.2, 0.25) is 0 Å². The quantitative estimate of drug-likeness (QED) is 0.898. The Morgan fingerprint density at radius 1 is 1.16 bits per heavy atom. The van der Waals surface area contributed by atoms with Crippen molar-refractivity contribution in [3.05, 3.63) is 42.1 Å². The number of rotatable bonds is 3. The van der Waals surface area contributed by atoms with Gasteiger partial charge in [-0.05, 0) is 30.9 Å². The number of hydrogen-bond acceptors (Lipinski definition) is 2. The summed E-state index contributed by atoms with van der Waals surface area (Å²) in [5.74, 6) is 0.871. The Labute approximate surface area is 115 Å². The van der Waals surface area contributed by atoms with Gasteiger partial charge in [-0.2, -0.15) is 0 Å². The largest absolute Gasteiger partial charge is 0.308 e. The molecule has 2 heteroatoms. The molecule has 2 atom stereocenters. The number of pyridine rings is 1. The Kier molecular flexibility index (Phi) is 3.79. The highest BCUT2D eigenvalue weighted by Gasteiger charge is 2.18. The second-order valence-electron chi connectivity index (χ2n) is 5.84. The smallest absolute Gasteiger partial charge is 0.0705 e. The van der Waals surface area contributed by atoms with Crippen LogP contribution in [0.15, 0.2) is 36.4 Å². The monoisotopic (exact) mass is 254 g/mol. The van der Waals surface area contributed by atoms with E-state index in [1.165, 1.54) is 31.1 Å². The summed E-state index contributed by atoms with van der Waals surface area (Å²) < 4.78 is 0. The first-order valence-electron chi connectivity index (χ1n) is 7.39. The molecule has 1 saturated carbocycles. The summed E-state index contributed by atoms with van der Waals surface area (Å²) in [6.45, 7) is 3.25. The van der Waals surface area contributed by atoms with Crippen molar-refractivity contribution in [2.24, 2.45) is 5.92 Å². The number of para-hydroxylation sites is 1. The van der Waals surface area contributed by atoms with Gasteiger partial charge in [-0.15, -0.1) is 0 Å². The number of hydrogen-bond donors (Lipinski definition) is 1. The van der Waals surface area contributed by atoms with Crippen LogP contribution < -0.4 is 5.32 Å². The lowest BCUT2D eigenvalue weighted by Gasteiger charge is -2.27. The Bertz CT molecular complexity index is 550. The molecule has 1 aliphatic rings. The van der Waals surface area contributed by atoms with Gasteiger partial charge >= 0.3 is 0 Å². The lowest BCUT2D eigenvalue weighted by atomic mass is 9.87. The fourth-order valence-electron chi connectivity index (χ4n) is 3.08. The van der Waals surface area contributed by atoms with E-state index in [2.05, 4.69) is 48.6 Å². The molecule has 19 heavy (non-hydrogen) atoms. The van der Waals surface area contributed by atoms with E-state index in [-0.39, 0.29) is 0 Å². The van der Waals surface area contributed by atoms with Gasteiger partial charge in [0.05, 0.1) is 11.2 Å². The zero-order chi connectivity index (χ0) is 13.1. The van der Waals surface area contributed by atoms with Crippen LogP contribution in [0.4, 0.5) is 0 Å². The standard InChI is InChI=1S/C17H22N2/c1-13-5-4-7-15(11-13)18-12-16-10-9-14-6-2-3-8-17(14)19-16/h2-3,6,8-10,13,15,18H,4-5,7,11-12H2,1H3. The Hall–Kier alpha value is -1.41.